The fraction of sp³-hybridized carbons (Fsp3) is 0.435. The lowest BCUT2D eigenvalue weighted by atomic mass is 9.89. The summed E-state index contributed by atoms with van der Waals surface area (Å²) in [6.45, 7) is 5.03. The minimum absolute atomic E-state index is 0.0460. The third-order valence-corrected chi connectivity index (χ3v) is 5.31. The second kappa shape index (κ2) is 10.3. The van der Waals surface area contributed by atoms with E-state index in [-0.39, 0.29) is 30.3 Å². The van der Waals surface area contributed by atoms with Crippen LogP contribution >= 0.6 is 0 Å². The number of alkyl halides is 3. The van der Waals surface area contributed by atoms with E-state index in [9.17, 15) is 27.9 Å². The molecule has 0 unspecified atom stereocenters. The third-order valence-electron chi connectivity index (χ3n) is 5.31. The van der Waals surface area contributed by atoms with E-state index in [4.69, 9.17) is 4.74 Å². The van der Waals surface area contributed by atoms with Crippen molar-refractivity contribution in [3.05, 3.63) is 58.9 Å². The molecule has 1 aliphatic heterocycles. The summed E-state index contributed by atoms with van der Waals surface area (Å²) in [5.74, 6) is -1.03. The number of carbonyl (C=O) groups is 2. The number of amides is 1. The molecule has 0 saturated heterocycles. The predicted molar refractivity (Wildman–Crippen MR) is 115 cm³/mol. The third kappa shape index (κ3) is 6.75. The van der Waals surface area contributed by atoms with Crippen LogP contribution < -0.4 is 5.32 Å². The van der Waals surface area contributed by atoms with Crippen molar-refractivity contribution in [3.63, 3.8) is 0 Å². The first-order valence-electron chi connectivity index (χ1n) is 10.6. The molecule has 0 bridgehead atoms. The number of esters is 1. The number of aromatic nitrogens is 1. The predicted octanol–water partition coefficient (Wildman–Crippen LogP) is 3.28. The number of β-amino-alcohol motifs (C(OH)–C–C–N with tert-alkyl or cyclic N) is 1. The Balaban J connectivity index is 1.71. The average molecular weight is 465 g/mol. The molecule has 2 N–H and O–H groups in total. The Labute approximate surface area is 189 Å². The molecule has 1 amide bonds. The van der Waals surface area contributed by atoms with Gasteiger partial charge in [-0.15, -0.1) is 0 Å². The monoisotopic (exact) mass is 465 g/mol. The summed E-state index contributed by atoms with van der Waals surface area (Å²) in [7, 11) is 0. The number of carbonyl (C=O) groups excluding carboxylic acids is 2. The first-order valence-corrected chi connectivity index (χ1v) is 10.6. The molecule has 2 aromatic rings. The van der Waals surface area contributed by atoms with Gasteiger partial charge in [0.05, 0.1) is 24.9 Å². The zero-order valence-corrected chi connectivity index (χ0v) is 18.4. The lowest BCUT2D eigenvalue weighted by molar-refractivity contribution is -0.154. The molecule has 1 aromatic heterocycles. The Morgan fingerprint density at radius 2 is 2.06 bits per heavy atom. The molecular weight excluding hydrogens is 439 g/mol. The summed E-state index contributed by atoms with van der Waals surface area (Å²) >= 11 is 0. The normalized spacial score (nSPS) is 17.2. The highest BCUT2D eigenvalue weighted by molar-refractivity contribution is 6.04. The molecule has 1 aliphatic rings. The molecule has 178 valence electrons. The largest absolute Gasteiger partial charge is 0.464 e. The van der Waals surface area contributed by atoms with Gasteiger partial charge in [0, 0.05) is 31.4 Å². The van der Waals surface area contributed by atoms with Crippen molar-refractivity contribution < 1.29 is 32.6 Å². The van der Waals surface area contributed by atoms with Crippen LogP contribution in [0.2, 0.25) is 0 Å². The van der Waals surface area contributed by atoms with Crippen molar-refractivity contribution in [2.24, 2.45) is 0 Å². The summed E-state index contributed by atoms with van der Waals surface area (Å²) in [6.07, 6.45) is -4.36. The lowest BCUT2D eigenvalue weighted by Gasteiger charge is -2.34. The molecule has 2 heterocycles. The number of aliphatic hydroxyl groups is 1. The van der Waals surface area contributed by atoms with Gasteiger partial charge in [0.25, 0.3) is 5.91 Å². The smallest absolute Gasteiger partial charge is 0.393 e. The molecule has 10 heteroatoms. The van der Waals surface area contributed by atoms with Gasteiger partial charge in [-0.05, 0) is 47.7 Å². The number of halogens is 3. The van der Waals surface area contributed by atoms with Crippen molar-refractivity contribution in [1.29, 1.82) is 0 Å². The number of pyridine rings is 1. The maximum absolute atomic E-state index is 12.7. The zero-order chi connectivity index (χ0) is 24.2. The summed E-state index contributed by atoms with van der Waals surface area (Å²) in [6, 6.07) is 6.49. The molecule has 7 nitrogen and oxygen atoms in total. The fourth-order valence-electron chi connectivity index (χ4n) is 3.94. The number of anilines is 1. The number of nitrogens with one attached hydrogen (secondary N) is 1. The van der Waals surface area contributed by atoms with E-state index in [1.807, 2.05) is 17.9 Å². The number of hydrogen-bond acceptors (Lipinski definition) is 6. The van der Waals surface area contributed by atoms with Crippen LogP contribution in [0, 0.1) is 0 Å². The highest BCUT2D eigenvalue weighted by atomic mass is 19.4. The molecule has 0 fully saturated rings. The van der Waals surface area contributed by atoms with E-state index in [1.165, 1.54) is 12.3 Å². The minimum Gasteiger partial charge on any atom is -0.464 e. The minimum atomic E-state index is -4.37. The van der Waals surface area contributed by atoms with Crippen LogP contribution in [0.3, 0.4) is 0 Å². The van der Waals surface area contributed by atoms with Gasteiger partial charge in [-0.3, -0.25) is 14.7 Å². The van der Waals surface area contributed by atoms with Gasteiger partial charge >= 0.3 is 12.1 Å². The van der Waals surface area contributed by atoms with E-state index < -0.39 is 30.6 Å². The fourth-order valence-corrected chi connectivity index (χ4v) is 3.94. The Morgan fingerprint density at radius 3 is 2.76 bits per heavy atom. The number of ether oxygens (including phenoxy) is 1. The summed E-state index contributed by atoms with van der Waals surface area (Å²) in [5.41, 5.74) is 2.40. The Morgan fingerprint density at radius 1 is 1.30 bits per heavy atom. The van der Waals surface area contributed by atoms with E-state index in [2.05, 4.69) is 10.3 Å². The van der Waals surface area contributed by atoms with E-state index in [1.54, 1.807) is 19.1 Å². The van der Waals surface area contributed by atoms with Crippen LogP contribution in [-0.2, 0) is 22.5 Å². The first kappa shape index (κ1) is 24.7. The molecule has 33 heavy (non-hydrogen) atoms. The summed E-state index contributed by atoms with van der Waals surface area (Å²) < 4.78 is 42.7. The lowest BCUT2D eigenvalue weighted by Crippen LogP contribution is -2.41. The highest BCUT2D eigenvalue weighted by Crippen LogP contribution is 2.29. The molecule has 2 atom stereocenters. The van der Waals surface area contributed by atoms with Gasteiger partial charge in [-0.25, -0.2) is 4.79 Å². The van der Waals surface area contributed by atoms with Crippen molar-refractivity contribution in [2.45, 2.75) is 45.0 Å². The Kier molecular flexibility index (Phi) is 7.70. The van der Waals surface area contributed by atoms with Crippen molar-refractivity contribution in [1.82, 2.24) is 9.88 Å². The van der Waals surface area contributed by atoms with Gasteiger partial charge in [0.15, 0.2) is 6.10 Å². The molecule has 0 radical (unpaired) electrons. The maximum Gasteiger partial charge on any atom is 0.393 e. The van der Waals surface area contributed by atoms with Crippen LogP contribution in [0.15, 0.2) is 36.7 Å². The zero-order valence-electron chi connectivity index (χ0n) is 18.4. The quantitative estimate of drug-likeness (QED) is 0.610. The maximum atomic E-state index is 12.7. The Bertz CT molecular complexity index is 1010. The van der Waals surface area contributed by atoms with Crippen LogP contribution in [0.1, 0.15) is 46.8 Å². The molecule has 0 spiro atoms. The van der Waals surface area contributed by atoms with Crippen molar-refractivity contribution >= 4 is 17.6 Å². The molecule has 0 aliphatic carbocycles. The molecule has 3 rings (SSSR count). The van der Waals surface area contributed by atoms with Gasteiger partial charge in [-0.2, -0.15) is 13.2 Å². The number of rotatable bonds is 7. The number of hydrogen-bond donors (Lipinski definition) is 2. The van der Waals surface area contributed by atoms with Crippen molar-refractivity contribution in [3.8, 4) is 0 Å². The number of fused-ring (bicyclic) bond motifs is 1. The van der Waals surface area contributed by atoms with Gasteiger partial charge in [0.2, 0.25) is 0 Å². The second-order valence-electron chi connectivity index (χ2n) is 8.10. The Hall–Kier alpha value is -2.98. The topological polar surface area (TPSA) is 91.8 Å². The van der Waals surface area contributed by atoms with Gasteiger partial charge in [-0.1, -0.05) is 13.0 Å². The van der Waals surface area contributed by atoms with Gasteiger partial charge < -0.3 is 15.2 Å². The van der Waals surface area contributed by atoms with Gasteiger partial charge in [0.1, 0.15) is 0 Å². The van der Waals surface area contributed by atoms with Crippen LogP contribution in [-0.4, -0.2) is 58.8 Å². The summed E-state index contributed by atoms with van der Waals surface area (Å²) in [4.78, 5) is 30.2. The SMILES string of the molecule is CCOC(=O)[C@H](O)CN1Cc2cc(C(=O)Nc3cncc(CC(F)(F)F)c3)ccc2[C@@H](C)C1. The first-order chi connectivity index (χ1) is 15.6. The highest BCUT2D eigenvalue weighted by Gasteiger charge is 2.29. The molecule has 0 saturated carbocycles. The standard InChI is InChI=1S/C23H26F3N3O4/c1-3-33-22(32)20(30)13-29-11-14(2)19-5-4-16(7-17(19)12-29)21(31)28-18-6-15(9-27-10-18)8-23(24,25)26/h4-7,9-10,14,20,30H,3,8,11-13H2,1-2H3,(H,28,31)/t14-,20+/m0/s1. The summed E-state index contributed by atoms with van der Waals surface area (Å²) in [5, 5.41) is 12.7. The van der Waals surface area contributed by atoms with E-state index in [0.717, 1.165) is 17.3 Å². The van der Waals surface area contributed by atoms with Crippen LogP contribution in [0.25, 0.3) is 0 Å². The number of nitrogens with zero attached hydrogens (tertiary/aromatic N) is 2. The van der Waals surface area contributed by atoms with Crippen LogP contribution in [0.5, 0.6) is 0 Å². The van der Waals surface area contributed by atoms with E-state index >= 15 is 0 Å². The number of benzene rings is 1. The van der Waals surface area contributed by atoms with E-state index in [0.29, 0.717) is 18.7 Å². The number of aliphatic hydroxyl groups excluding tert-OH is 1. The van der Waals surface area contributed by atoms with Crippen LogP contribution in [0.4, 0.5) is 18.9 Å². The average Bonchev–Trinajstić information content (AvgIpc) is 2.72. The van der Waals surface area contributed by atoms with Crippen molar-refractivity contribution in [2.75, 3.05) is 25.0 Å². The molecule has 1 aromatic carbocycles. The second-order valence-corrected chi connectivity index (χ2v) is 8.10. The molecular formula is C23H26F3N3O4.